The fourth-order valence-corrected chi connectivity index (χ4v) is 3.05. The summed E-state index contributed by atoms with van der Waals surface area (Å²) in [4.78, 5) is 26.9. The van der Waals surface area contributed by atoms with E-state index >= 15 is 0 Å². The number of amides is 2. The molecular weight excluding hydrogens is 256 g/mol. The molecule has 0 aromatic carbocycles. The molecule has 2 aliphatic heterocycles. The van der Waals surface area contributed by atoms with Gasteiger partial charge in [0.1, 0.15) is 11.6 Å². The van der Waals surface area contributed by atoms with E-state index in [1.165, 1.54) is 0 Å². The highest BCUT2D eigenvalue weighted by Gasteiger charge is 2.47. The van der Waals surface area contributed by atoms with Crippen LogP contribution in [0.2, 0.25) is 0 Å². The van der Waals surface area contributed by atoms with Gasteiger partial charge in [-0.15, -0.1) is 0 Å². The zero-order valence-corrected chi connectivity index (χ0v) is 12.9. The summed E-state index contributed by atoms with van der Waals surface area (Å²) in [5, 5.41) is 2.86. The van der Waals surface area contributed by atoms with Crippen molar-refractivity contribution in [3.05, 3.63) is 0 Å². The van der Waals surface area contributed by atoms with Crippen molar-refractivity contribution in [2.75, 3.05) is 19.8 Å². The molecule has 0 saturated carbocycles. The van der Waals surface area contributed by atoms with Gasteiger partial charge in [-0.1, -0.05) is 20.3 Å². The molecule has 2 rings (SSSR count). The first kappa shape index (κ1) is 15.3. The van der Waals surface area contributed by atoms with Crippen molar-refractivity contribution >= 4 is 11.8 Å². The van der Waals surface area contributed by atoms with Gasteiger partial charge < -0.3 is 15.0 Å². The Morgan fingerprint density at radius 2 is 2.15 bits per heavy atom. The van der Waals surface area contributed by atoms with Gasteiger partial charge in [0, 0.05) is 19.1 Å². The lowest BCUT2D eigenvalue weighted by Crippen LogP contribution is -2.69. The minimum Gasteiger partial charge on any atom is -0.381 e. The molecule has 5 heteroatoms. The molecule has 114 valence electrons. The van der Waals surface area contributed by atoms with Gasteiger partial charge in [0.05, 0.1) is 6.61 Å². The summed E-state index contributed by atoms with van der Waals surface area (Å²) in [7, 11) is 0. The van der Waals surface area contributed by atoms with Crippen molar-refractivity contribution in [1.29, 1.82) is 0 Å². The highest BCUT2D eigenvalue weighted by atomic mass is 16.5. The van der Waals surface area contributed by atoms with Crippen LogP contribution in [0.25, 0.3) is 0 Å². The number of nitrogens with zero attached hydrogens (tertiary/aromatic N) is 1. The molecule has 20 heavy (non-hydrogen) atoms. The number of carbonyl (C=O) groups excluding carboxylic acids is 2. The van der Waals surface area contributed by atoms with Crippen LogP contribution in [0, 0.1) is 11.8 Å². The monoisotopic (exact) mass is 282 g/mol. The molecule has 1 N–H and O–H groups in total. The molecule has 0 aromatic heterocycles. The number of carbonyl (C=O) groups is 2. The van der Waals surface area contributed by atoms with Crippen LogP contribution >= 0.6 is 0 Å². The summed E-state index contributed by atoms with van der Waals surface area (Å²) < 4.78 is 5.40. The summed E-state index contributed by atoms with van der Waals surface area (Å²) in [5.41, 5.74) is -0.805. The van der Waals surface area contributed by atoms with E-state index in [1.54, 1.807) is 18.7 Å². The Balaban J connectivity index is 2.22. The summed E-state index contributed by atoms with van der Waals surface area (Å²) in [6.07, 6.45) is 1.85. The van der Waals surface area contributed by atoms with E-state index in [0.29, 0.717) is 19.1 Å². The molecule has 2 heterocycles. The SMILES string of the molecule is CCC(C)C1C(=O)NC(C)(C)C(=O)N1CC1CCOC1. The lowest BCUT2D eigenvalue weighted by molar-refractivity contribution is -0.156. The summed E-state index contributed by atoms with van der Waals surface area (Å²) in [6.45, 7) is 9.73. The van der Waals surface area contributed by atoms with Crippen molar-refractivity contribution in [2.45, 2.75) is 52.1 Å². The number of hydrogen-bond donors (Lipinski definition) is 1. The maximum atomic E-state index is 12.7. The van der Waals surface area contributed by atoms with Crippen molar-refractivity contribution in [3.8, 4) is 0 Å². The van der Waals surface area contributed by atoms with Gasteiger partial charge in [-0.2, -0.15) is 0 Å². The van der Waals surface area contributed by atoms with Crippen LogP contribution < -0.4 is 5.32 Å². The molecule has 2 amide bonds. The molecule has 2 fully saturated rings. The van der Waals surface area contributed by atoms with Gasteiger partial charge in [0.25, 0.3) is 0 Å². The zero-order valence-electron chi connectivity index (χ0n) is 12.9. The van der Waals surface area contributed by atoms with E-state index in [-0.39, 0.29) is 23.8 Å². The van der Waals surface area contributed by atoms with Crippen molar-refractivity contribution in [3.63, 3.8) is 0 Å². The molecule has 2 saturated heterocycles. The van der Waals surface area contributed by atoms with Crippen LogP contribution in [0.3, 0.4) is 0 Å². The quantitative estimate of drug-likeness (QED) is 0.842. The van der Waals surface area contributed by atoms with E-state index in [2.05, 4.69) is 12.2 Å². The van der Waals surface area contributed by atoms with Crippen LogP contribution in [-0.2, 0) is 14.3 Å². The number of ether oxygens (including phenoxy) is 1. The minimum atomic E-state index is -0.805. The fourth-order valence-electron chi connectivity index (χ4n) is 3.05. The second-order valence-electron chi connectivity index (χ2n) is 6.63. The van der Waals surface area contributed by atoms with Crippen LogP contribution in [0.1, 0.15) is 40.5 Å². The third-order valence-corrected chi connectivity index (χ3v) is 4.50. The Kier molecular flexibility index (Phi) is 4.37. The predicted molar refractivity (Wildman–Crippen MR) is 76.1 cm³/mol. The average molecular weight is 282 g/mol. The first-order valence-corrected chi connectivity index (χ1v) is 7.57. The smallest absolute Gasteiger partial charge is 0.248 e. The van der Waals surface area contributed by atoms with Gasteiger partial charge in [-0.3, -0.25) is 9.59 Å². The van der Waals surface area contributed by atoms with Gasteiger partial charge in [0.2, 0.25) is 11.8 Å². The van der Waals surface area contributed by atoms with Crippen molar-refractivity contribution < 1.29 is 14.3 Å². The van der Waals surface area contributed by atoms with Gasteiger partial charge >= 0.3 is 0 Å². The molecule has 0 spiro atoms. The van der Waals surface area contributed by atoms with Crippen LogP contribution in [-0.4, -0.2) is 48.1 Å². The Hall–Kier alpha value is -1.10. The van der Waals surface area contributed by atoms with Crippen molar-refractivity contribution in [1.82, 2.24) is 10.2 Å². The topological polar surface area (TPSA) is 58.6 Å². The number of hydrogen-bond acceptors (Lipinski definition) is 3. The lowest BCUT2D eigenvalue weighted by Gasteiger charge is -2.45. The lowest BCUT2D eigenvalue weighted by atomic mass is 9.88. The molecule has 0 aliphatic carbocycles. The standard InChI is InChI=1S/C15H26N2O3/c1-5-10(2)12-13(18)16-15(3,4)14(19)17(12)8-11-6-7-20-9-11/h10-12H,5-9H2,1-4H3,(H,16,18). The molecule has 3 unspecified atom stereocenters. The van der Waals surface area contributed by atoms with Crippen molar-refractivity contribution in [2.24, 2.45) is 11.8 Å². The Labute approximate surface area is 121 Å². The maximum absolute atomic E-state index is 12.7. The minimum absolute atomic E-state index is 0.0225. The number of piperazine rings is 1. The normalized spacial score (nSPS) is 31.3. The molecule has 0 bridgehead atoms. The summed E-state index contributed by atoms with van der Waals surface area (Å²) >= 11 is 0. The van der Waals surface area contributed by atoms with E-state index in [4.69, 9.17) is 4.74 Å². The predicted octanol–water partition coefficient (Wildman–Crippen LogP) is 1.17. The van der Waals surface area contributed by atoms with Gasteiger partial charge in [-0.25, -0.2) is 0 Å². The maximum Gasteiger partial charge on any atom is 0.248 e. The zero-order chi connectivity index (χ0) is 14.9. The Morgan fingerprint density at radius 1 is 1.45 bits per heavy atom. The van der Waals surface area contributed by atoms with E-state index < -0.39 is 5.54 Å². The second-order valence-corrected chi connectivity index (χ2v) is 6.63. The Morgan fingerprint density at radius 3 is 2.70 bits per heavy atom. The van der Waals surface area contributed by atoms with E-state index in [1.807, 2.05) is 6.92 Å². The molecule has 3 atom stereocenters. The number of nitrogens with one attached hydrogen (secondary N) is 1. The summed E-state index contributed by atoms with van der Waals surface area (Å²) in [5.74, 6) is 0.516. The van der Waals surface area contributed by atoms with Crippen LogP contribution in [0.5, 0.6) is 0 Å². The first-order chi connectivity index (χ1) is 9.36. The average Bonchev–Trinajstić information content (AvgIpc) is 2.87. The largest absolute Gasteiger partial charge is 0.381 e. The Bertz CT molecular complexity index is 389. The highest BCUT2D eigenvalue weighted by molar-refractivity contribution is 5.99. The van der Waals surface area contributed by atoms with Crippen LogP contribution in [0.4, 0.5) is 0 Å². The van der Waals surface area contributed by atoms with Crippen LogP contribution in [0.15, 0.2) is 0 Å². The first-order valence-electron chi connectivity index (χ1n) is 7.57. The second kappa shape index (κ2) is 5.72. The van der Waals surface area contributed by atoms with Gasteiger partial charge in [0.15, 0.2) is 0 Å². The fraction of sp³-hybridized carbons (Fsp3) is 0.867. The number of rotatable bonds is 4. The third-order valence-electron chi connectivity index (χ3n) is 4.50. The highest BCUT2D eigenvalue weighted by Crippen LogP contribution is 2.27. The molecule has 0 aromatic rings. The molecule has 5 nitrogen and oxygen atoms in total. The van der Waals surface area contributed by atoms with Gasteiger partial charge in [-0.05, 0) is 26.2 Å². The van der Waals surface area contributed by atoms with E-state index in [9.17, 15) is 9.59 Å². The third kappa shape index (κ3) is 2.82. The molecular formula is C15H26N2O3. The summed E-state index contributed by atoms with van der Waals surface area (Å²) in [6, 6.07) is -0.346. The van der Waals surface area contributed by atoms with E-state index in [0.717, 1.165) is 19.4 Å². The molecule has 0 radical (unpaired) electrons. The molecule has 2 aliphatic rings.